The van der Waals surface area contributed by atoms with Crippen molar-refractivity contribution in [2.24, 2.45) is 5.73 Å². The van der Waals surface area contributed by atoms with Crippen molar-refractivity contribution in [2.75, 3.05) is 16.8 Å². The molecule has 5 nitrogen and oxygen atoms in total. The predicted molar refractivity (Wildman–Crippen MR) is 95.1 cm³/mol. The van der Waals surface area contributed by atoms with Crippen LogP contribution in [0.1, 0.15) is 34.8 Å². The van der Waals surface area contributed by atoms with E-state index < -0.39 is 5.91 Å². The Morgan fingerprint density at radius 2 is 1.92 bits per heavy atom. The third kappa shape index (κ3) is 3.56. The highest BCUT2D eigenvalue weighted by Crippen LogP contribution is 2.30. The zero-order chi connectivity index (χ0) is 17.1. The maximum absolute atomic E-state index is 11.2. The molecule has 0 aromatic heterocycles. The number of amides is 2. The van der Waals surface area contributed by atoms with Crippen LogP contribution in [0.5, 0.6) is 0 Å². The summed E-state index contributed by atoms with van der Waals surface area (Å²) in [6, 6.07) is 13.5. The molecule has 0 spiro atoms. The van der Waals surface area contributed by atoms with Crippen LogP contribution in [0.2, 0.25) is 0 Å². The number of aryl methyl sites for hydroxylation is 1. The zero-order valence-electron chi connectivity index (χ0n) is 13.7. The number of nitrogens with zero attached hydrogens (tertiary/aromatic N) is 1. The molecule has 0 unspecified atom stereocenters. The van der Waals surface area contributed by atoms with Crippen LogP contribution < -0.4 is 16.0 Å². The highest BCUT2D eigenvalue weighted by molar-refractivity contribution is 5.92. The SMILES string of the molecule is CC(=O)Nc1ccc2c(c1)CCCN2Cc1ccc(C(N)=O)cc1. The van der Waals surface area contributed by atoms with E-state index in [0.29, 0.717) is 5.56 Å². The number of carbonyl (C=O) groups is 2. The van der Waals surface area contributed by atoms with Gasteiger partial charge in [0.1, 0.15) is 0 Å². The van der Waals surface area contributed by atoms with E-state index in [2.05, 4.69) is 22.3 Å². The Hall–Kier alpha value is -2.82. The molecule has 3 rings (SSSR count). The molecule has 0 atom stereocenters. The Bertz CT molecular complexity index is 769. The van der Waals surface area contributed by atoms with Crippen LogP contribution in [0.3, 0.4) is 0 Å². The van der Waals surface area contributed by atoms with Gasteiger partial charge in [0.2, 0.25) is 11.8 Å². The van der Waals surface area contributed by atoms with Crippen LogP contribution >= 0.6 is 0 Å². The first-order chi connectivity index (χ1) is 11.5. The van der Waals surface area contributed by atoms with Gasteiger partial charge in [0.05, 0.1) is 0 Å². The first-order valence-corrected chi connectivity index (χ1v) is 8.07. The smallest absolute Gasteiger partial charge is 0.248 e. The molecule has 5 heteroatoms. The first-order valence-electron chi connectivity index (χ1n) is 8.07. The third-order valence-electron chi connectivity index (χ3n) is 4.23. The summed E-state index contributed by atoms with van der Waals surface area (Å²) in [7, 11) is 0. The molecule has 2 aromatic rings. The van der Waals surface area contributed by atoms with Crippen LogP contribution in [0.25, 0.3) is 0 Å². The Balaban J connectivity index is 1.79. The fourth-order valence-corrected chi connectivity index (χ4v) is 3.12. The summed E-state index contributed by atoms with van der Waals surface area (Å²) in [5, 5.41) is 2.84. The summed E-state index contributed by atoms with van der Waals surface area (Å²) in [6.45, 7) is 3.29. The molecule has 0 saturated heterocycles. The van der Waals surface area contributed by atoms with E-state index in [1.165, 1.54) is 18.2 Å². The van der Waals surface area contributed by atoms with Crippen molar-refractivity contribution in [1.29, 1.82) is 0 Å². The van der Waals surface area contributed by atoms with E-state index >= 15 is 0 Å². The second-order valence-electron chi connectivity index (χ2n) is 6.11. The summed E-state index contributed by atoms with van der Waals surface area (Å²) < 4.78 is 0. The van der Waals surface area contributed by atoms with Crippen molar-refractivity contribution < 1.29 is 9.59 Å². The maximum Gasteiger partial charge on any atom is 0.248 e. The van der Waals surface area contributed by atoms with Gasteiger partial charge < -0.3 is 16.0 Å². The molecule has 3 N–H and O–H groups in total. The van der Waals surface area contributed by atoms with E-state index in [0.717, 1.165) is 37.2 Å². The van der Waals surface area contributed by atoms with Crippen molar-refractivity contribution in [3.63, 3.8) is 0 Å². The lowest BCUT2D eigenvalue weighted by molar-refractivity contribution is -0.114. The quantitative estimate of drug-likeness (QED) is 0.908. The molecule has 1 aliphatic heterocycles. The standard InChI is InChI=1S/C19H21N3O2/c1-13(23)21-17-8-9-18-16(11-17)3-2-10-22(18)12-14-4-6-15(7-5-14)19(20)24/h4-9,11H,2-3,10,12H2,1H3,(H2,20,24)(H,21,23). The predicted octanol–water partition coefficient (Wildman–Crippen LogP) is 2.70. The summed E-state index contributed by atoms with van der Waals surface area (Å²) >= 11 is 0. The lowest BCUT2D eigenvalue weighted by Gasteiger charge is -2.31. The van der Waals surface area contributed by atoms with E-state index in [1.54, 1.807) is 12.1 Å². The average molecular weight is 323 g/mol. The third-order valence-corrected chi connectivity index (χ3v) is 4.23. The van der Waals surface area contributed by atoms with Crippen molar-refractivity contribution in [2.45, 2.75) is 26.3 Å². The fraction of sp³-hybridized carbons (Fsp3) is 0.263. The molecule has 2 aromatic carbocycles. The molecule has 1 aliphatic rings. The molecular formula is C19H21N3O2. The van der Waals surface area contributed by atoms with Crippen LogP contribution in [-0.4, -0.2) is 18.4 Å². The molecule has 0 radical (unpaired) electrons. The number of primary amides is 1. The van der Waals surface area contributed by atoms with Gasteiger partial charge in [-0.1, -0.05) is 12.1 Å². The van der Waals surface area contributed by atoms with Gasteiger partial charge >= 0.3 is 0 Å². The number of hydrogen-bond acceptors (Lipinski definition) is 3. The number of hydrogen-bond donors (Lipinski definition) is 2. The van der Waals surface area contributed by atoms with Crippen LogP contribution in [-0.2, 0) is 17.8 Å². The van der Waals surface area contributed by atoms with Crippen molar-refractivity contribution in [1.82, 2.24) is 0 Å². The van der Waals surface area contributed by atoms with E-state index in [1.807, 2.05) is 18.2 Å². The number of carbonyl (C=O) groups excluding carboxylic acids is 2. The summed E-state index contributed by atoms with van der Waals surface area (Å²) in [6.07, 6.45) is 2.09. The number of benzene rings is 2. The summed E-state index contributed by atoms with van der Waals surface area (Å²) in [5.74, 6) is -0.465. The van der Waals surface area contributed by atoms with Gasteiger partial charge in [-0.3, -0.25) is 9.59 Å². The van der Waals surface area contributed by atoms with Gasteiger partial charge in [-0.05, 0) is 54.3 Å². The molecule has 0 saturated carbocycles. The molecular weight excluding hydrogens is 302 g/mol. The lowest BCUT2D eigenvalue weighted by atomic mass is 10.00. The van der Waals surface area contributed by atoms with E-state index in [-0.39, 0.29) is 5.91 Å². The number of nitrogens with two attached hydrogens (primary N) is 1. The van der Waals surface area contributed by atoms with Crippen molar-refractivity contribution >= 4 is 23.2 Å². The van der Waals surface area contributed by atoms with Gasteiger partial charge in [0.15, 0.2) is 0 Å². The molecule has 0 bridgehead atoms. The second kappa shape index (κ2) is 6.74. The fourth-order valence-electron chi connectivity index (χ4n) is 3.12. The lowest BCUT2D eigenvalue weighted by Crippen LogP contribution is -2.29. The molecule has 2 amide bonds. The Kier molecular flexibility index (Phi) is 4.51. The second-order valence-corrected chi connectivity index (χ2v) is 6.11. The average Bonchev–Trinajstić information content (AvgIpc) is 2.55. The molecule has 0 fully saturated rings. The highest BCUT2D eigenvalue weighted by Gasteiger charge is 2.17. The number of anilines is 2. The van der Waals surface area contributed by atoms with E-state index in [9.17, 15) is 9.59 Å². The Morgan fingerprint density at radius 3 is 2.58 bits per heavy atom. The number of rotatable bonds is 4. The highest BCUT2D eigenvalue weighted by atomic mass is 16.1. The minimum Gasteiger partial charge on any atom is -0.367 e. The summed E-state index contributed by atoms with van der Waals surface area (Å²) in [5.41, 5.74) is 10.2. The minimum absolute atomic E-state index is 0.0582. The minimum atomic E-state index is -0.407. The Labute approximate surface area is 141 Å². The van der Waals surface area contributed by atoms with Crippen LogP contribution in [0.4, 0.5) is 11.4 Å². The topological polar surface area (TPSA) is 75.4 Å². The normalized spacial score (nSPS) is 13.3. The first kappa shape index (κ1) is 16.1. The molecule has 1 heterocycles. The summed E-state index contributed by atoms with van der Waals surface area (Å²) in [4.78, 5) is 24.7. The monoisotopic (exact) mass is 323 g/mol. The molecule has 0 aliphatic carbocycles. The van der Waals surface area contributed by atoms with Gasteiger partial charge in [0, 0.05) is 37.0 Å². The van der Waals surface area contributed by atoms with Gasteiger partial charge in [-0.25, -0.2) is 0 Å². The molecule has 24 heavy (non-hydrogen) atoms. The number of fused-ring (bicyclic) bond motifs is 1. The molecule has 124 valence electrons. The van der Waals surface area contributed by atoms with E-state index in [4.69, 9.17) is 5.73 Å². The van der Waals surface area contributed by atoms with Crippen molar-refractivity contribution in [3.05, 3.63) is 59.2 Å². The van der Waals surface area contributed by atoms with Crippen LogP contribution in [0.15, 0.2) is 42.5 Å². The van der Waals surface area contributed by atoms with Gasteiger partial charge in [-0.2, -0.15) is 0 Å². The van der Waals surface area contributed by atoms with Crippen LogP contribution in [0, 0.1) is 0 Å². The maximum atomic E-state index is 11.2. The van der Waals surface area contributed by atoms with Gasteiger partial charge in [0.25, 0.3) is 0 Å². The number of nitrogens with one attached hydrogen (secondary N) is 1. The van der Waals surface area contributed by atoms with Crippen molar-refractivity contribution in [3.8, 4) is 0 Å². The zero-order valence-corrected chi connectivity index (χ0v) is 13.7. The Morgan fingerprint density at radius 1 is 1.17 bits per heavy atom. The van der Waals surface area contributed by atoms with Gasteiger partial charge in [-0.15, -0.1) is 0 Å². The largest absolute Gasteiger partial charge is 0.367 e.